The van der Waals surface area contributed by atoms with Gasteiger partial charge in [-0.1, -0.05) is 11.3 Å². The fraction of sp³-hybridized carbons (Fsp3) is 0.412. The Balaban J connectivity index is 0.00000312. The zero-order valence-electron chi connectivity index (χ0n) is 14.5. The number of aliphatic hydroxyl groups excluding tert-OH is 1. The molecule has 0 saturated heterocycles. The van der Waals surface area contributed by atoms with Crippen LogP contribution in [0.1, 0.15) is 29.2 Å². The minimum Gasteiger partial charge on any atom is -0.494 e. The zero-order valence-corrected chi connectivity index (χ0v) is 16.2. The van der Waals surface area contributed by atoms with Gasteiger partial charge in [0, 0.05) is 12.2 Å². The van der Waals surface area contributed by atoms with Gasteiger partial charge in [-0.05, 0) is 45.0 Å². The third-order valence-electron chi connectivity index (χ3n) is 3.31. The molecule has 0 amide bonds. The summed E-state index contributed by atoms with van der Waals surface area (Å²) < 4.78 is 12.3. The summed E-state index contributed by atoms with van der Waals surface area (Å²) in [5.41, 5.74) is 1.50. The standard InChI is InChI=1S/C17H22N2O4S.ClH/c1-4-22-14-8-6-13(7-9-14)18-17-19(10-11-20)12(3)15(24-17)16(21)23-5-2;/h6-9,20H,4-5,10-11H2,1-3H3;1H. The first kappa shape index (κ1) is 21.2. The Morgan fingerprint density at radius 3 is 2.48 bits per heavy atom. The fourth-order valence-corrected chi connectivity index (χ4v) is 3.29. The Morgan fingerprint density at radius 1 is 1.24 bits per heavy atom. The number of carbonyl (C=O) groups is 1. The average molecular weight is 387 g/mol. The summed E-state index contributed by atoms with van der Waals surface area (Å²) in [6.07, 6.45) is 0. The molecule has 0 saturated carbocycles. The molecule has 0 radical (unpaired) electrons. The van der Waals surface area contributed by atoms with Crippen molar-refractivity contribution in [2.45, 2.75) is 27.3 Å². The highest BCUT2D eigenvalue weighted by Crippen LogP contribution is 2.19. The maximum Gasteiger partial charge on any atom is 0.350 e. The number of aromatic nitrogens is 1. The van der Waals surface area contributed by atoms with Gasteiger partial charge in [0.1, 0.15) is 10.6 Å². The average Bonchev–Trinajstić information content (AvgIpc) is 2.87. The third-order valence-corrected chi connectivity index (χ3v) is 4.48. The van der Waals surface area contributed by atoms with E-state index in [9.17, 15) is 9.90 Å². The summed E-state index contributed by atoms with van der Waals surface area (Å²) in [4.78, 5) is 17.8. The number of halogens is 1. The predicted molar refractivity (Wildman–Crippen MR) is 100 cm³/mol. The number of carbonyl (C=O) groups excluding carboxylic acids is 1. The van der Waals surface area contributed by atoms with Gasteiger partial charge in [0.05, 0.1) is 25.5 Å². The first-order chi connectivity index (χ1) is 11.6. The van der Waals surface area contributed by atoms with Crippen LogP contribution in [0.4, 0.5) is 5.69 Å². The molecular weight excluding hydrogens is 364 g/mol. The van der Waals surface area contributed by atoms with Crippen LogP contribution in [0.2, 0.25) is 0 Å². The predicted octanol–water partition coefficient (Wildman–Crippen LogP) is 3.08. The molecule has 2 aromatic rings. The van der Waals surface area contributed by atoms with E-state index < -0.39 is 0 Å². The number of esters is 1. The minimum atomic E-state index is -0.361. The van der Waals surface area contributed by atoms with E-state index in [2.05, 4.69) is 4.99 Å². The topological polar surface area (TPSA) is 73.0 Å². The van der Waals surface area contributed by atoms with E-state index in [1.807, 2.05) is 42.7 Å². The lowest BCUT2D eigenvalue weighted by molar-refractivity contribution is 0.0530. The molecule has 0 fully saturated rings. The van der Waals surface area contributed by atoms with E-state index >= 15 is 0 Å². The van der Waals surface area contributed by atoms with Crippen molar-refractivity contribution in [1.82, 2.24) is 4.57 Å². The molecule has 138 valence electrons. The SMILES string of the molecule is CCOC(=O)c1sc(=Nc2ccc(OCC)cc2)n(CCO)c1C.Cl. The molecule has 0 atom stereocenters. The molecule has 0 bridgehead atoms. The molecule has 0 aliphatic carbocycles. The summed E-state index contributed by atoms with van der Waals surface area (Å²) in [5.74, 6) is 0.425. The Hall–Kier alpha value is -1.83. The molecule has 1 aromatic carbocycles. The number of benzene rings is 1. The molecule has 8 heteroatoms. The van der Waals surface area contributed by atoms with Crippen LogP contribution in [0.25, 0.3) is 0 Å². The monoisotopic (exact) mass is 386 g/mol. The Labute approximate surface area is 157 Å². The molecule has 0 aliphatic heterocycles. The van der Waals surface area contributed by atoms with Crippen LogP contribution in [0.15, 0.2) is 29.3 Å². The van der Waals surface area contributed by atoms with E-state index in [-0.39, 0.29) is 25.0 Å². The van der Waals surface area contributed by atoms with Gasteiger partial charge in [-0.3, -0.25) is 0 Å². The van der Waals surface area contributed by atoms with Crippen molar-refractivity contribution in [2.75, 3.05) is 19.8 Å². The molecule has 2 rings (SSSR count). The second kappa shape index (κ2) is 10.2. The number of ether oxygens (including phenoxy) is 2. The molecule has 0 spiro atoms. The van der Waals surface area contributed by atoms with Crippen molar-refractivity contribution in [2.24, 2.45) is 4.99 Å². The molecule has 0 aliphatic rings. The van der Waals surface area contributed by atoms with E-state index in [0.717, 1.165) is 17.1 Å². The number of aliphatic hydroxyl groups is 1. The fourth-order valence-electron chi connectivity index (χ4n) is 2.21. The normalized spacial score (nSPS) is 11.1. The van der Waals surface area contributed by atoms with Gasteiger partial charge in [-0.25, -0.2) is 9.79 Å². The van der Waals surface area contributed by atoms with Gasteiger partial charge in [-0.2, -0.15) is 0 Å². The number of hydrogen-bond acceptors (Lipinski definition) is 6. The molecule has 1 N–H and O–H groups in total. The summed E-state index contributed by atoms with van der Waals surface area (Å²) in [6, 6.07) is 7.41. The maximum absolute atomic E-state index is 12.1. The van der Waals surface area contributed by atoms with Crippen LogP contribution in [0.5, 0.6) is 5.75 Å². The second-order valence-corrected chi connectivity index (χ2v) is 5.91. The van der Waals surface area contributed by atoms with Crippen LogP contribution in [0, 0.1) is 6.92 Å². The smallest absolute Gasteiger partial charge is 0.350 e. The third kappa shape index (κ3) is 5.32. The summed E-state index contributed by atoms with van der Waals surface area (Å²) in [5, 5.41) is 9.29. The molecular formula is C17H23ClN2O4S. The van der Waals surface area contributed by atoms with Crippen molar-refractivity contribution in [3.8, 4) is 5.75 Å². The Morgan fingerprint density at radius 2 is 1.92 bits per heavy atom. The van der Waals surface area contributed by atoms with Gasteiger partial charge in [0.2, 0.25) is 0 Å². The summed E-state index contributed by atoms with van der Waals surface area (Å²) in [7, 11) is 0. The quantitative estimate of drug-likeness (QED) is 0.742. The molecule has 25 heavy (non-hydrogen) atoms. The van der Waals surface area contributed by atoms with Crippen LogP contribution in [-0.2, 0) is 11.3 Å². The van der Waals surface area contributed by atoms with Gasteiger partial charge < -0.3 is 19.1 Å². The largest absolute Gasteiger partial charge is 0.494 e. The van der Waals surface area contributed by atoms with E-state index in [4.69, 9.17) is 9.47 Å². The van der Waals surface area contributed by atoms with Crippen molar-refractivity contribution >= 4 is 35.4 Å². The maximum atomic E-state index is 12.1. The van der Waals surface area contributed by atoms with E-state index in [0.29, 0.717) is 29.4 Å². The van der Waals surface area contributed by atoms with Crippen LogP contribution in [0.3, 0.4) is 0 Å². The molecule has 6 nitrogen and oxygen atoms in total. The lowest BCUT2D eigenvalue weighted by Gasteiger charge is -2.05. The van der Waals surface area contributed by atoms with Crippen LogP contribution < -0.4 is 9.54 Å². The van der Waals surface area contributed by atoms with Gasteiger partial charge >= 0.3 is 5.97 Å². The Bertz CT molecular complexity index is 753. The molecule has 1 heterocycles. The van der Waals surface area contributed by atoms with E-state index in [1.54, 1.807) is 6.92 Å². The second-order valence-electron chi connectivity index (χ2n) is 4.93. The number of thiazole rings is 1. The van der Waals surface area contributed by atoms with E-state index in [1.165, 1.54) is 11.3 Å². The highest BCUT2D eigenvalue weighted by molar-refractivity contribution is 7.11. The van der Waals surface area contributed by atoms with Crippen molar-refractivity contribution in [3.05, 3.63) is 39.6 Å². The van der Waals surface area contributed by atoms with Gasteiger partial charge in [-0.15, -0.1) is 12.4 Å². The molecule has 1 aromatic heterocycles. The van der Waals surface area contributed by atoms with Crippen molar-refractivity contribution < 1.29 is 19.4 Å². The highest BCUT2D eigenvalue weighted by Gasteiger charge is 2.17. The number of rotatable bonds is 7. The number of nitrogens with zero attached hydrogens (tertiary/aromatic N) is 2. The van der Waals surface area contributed by atoms with Crippen LogP contribution >= 0.6 is 23.7 Å². The van der Waals surface area contributed by atoms with Crippen molar-refractivity contribution in [1.29, 1.82) is 0 Å². The first-order valence-corrected chi connectivity index (χ1v) is 8.68. The lowest BCUT2D eigenvalue weighted by Crippen LogP contribution is -2.18. The number of hydrogen-bond donors (Lipinski definition) is 1. The minimum absolute atomic E-state index is 0. The Kier molecular flexibility index (Phi) is 8.68. The van der Waals surface area contributed by atoms with Gasteiger partial charge in [0.25, 0.3) is 0 Å². The summed E-state index contributed by atoms with van der Waals surface area (Å²) in [6.45, 7) is 6.81. The zero-order chi connectivity index (χ0) is 17.5. The first-order valence-electron chi connectivity index (χ1n) is 7.86. The summed E-state index contributed by atoms with van der Waals surface area (Å²) >= 11 is 1.26. The molecule has 0 unspecified atom stereocenters. The lowest BCUT2D eigenvalue weighted by atomic mass is 10.3. The van der Waals surface area contributed by atoms with Gasteiger partial charge in [0.15, 0.2) is 4.80 Å². The van der Waals surface area contributed by atoms with Crippen LogP contribution in [-0.4, -0.2) is 35.5 Å². The highest BCUT2D eigenvalue weighted by atomic mass is 35.5. The van der Waals surface area contributed by atoms with Crippen molar-refractivity contribution in [3.63, 3.8) is 0 Å².